The number of morpholine rings is 1. The fraction of sp³-hybridized carbons (Fsp3) is 0.368. The number of halogens is 1. The van der Waals surface area contributed by atoms with E-state index < -0.39 is 0 Å². The number of hydrogen-bond donors (Lipinski definition) is 2. The van der Waals surface area contributed by atoms with Crippen LogP contribution >= 0.6 is 11.6 Å². The van der Waals surface area contributed by atoms with Crippen molar-refractivity contribution in [2.75, 3.05) is 50.0 Å². The minimum atomic E-state index is -0.254. The van der Waals surface area contributed by atoms with Crippen LogP contribution in [0.4, 0.5) is 11.4 Å². The molecular formula is C19H23ClN4O2. The van der Waals surface area contributed by atoms with Gasteiger partial charge in [-0.3, -0.25) is 9.69 Å². The summed E-state index contributed by atoms with van der Waals surface area (Å²) in [5, 5.41) is 6.76. The molecule has 0 saturated carbocycles. The molecule has 1 aliphatic heterocycles. The number of pyridine rings is 1. The highest BCUT2D eigenvalue weighted by molar-refractivity contribution is 6.31. The van der Waals surface area contributed by atoms with Gasteiger partial charge in [0.2, 0.25) is 0 Å². The first-order valence-corrected chi connectivity index (χ1v) is 9.07. The Morgan fingerprint density at radius 3 is 2.81 bits per heavy atom. The lowest BCUT2D eigenvalue weighted by Crippen LogP contribution is -2.39. The van der Waals surface area contributed by atoms with Crippen molar-refractivity contribution in [3.63, 3.8) is 0 Å². The number of amides is 1. The molecule has 7 heteroatoms. The molecule has 1 saturated heterocycles. The van der Waals surface area contributed by atoms with Crippen LogP contribution in [-0.4, -0.2) is 55.2 Å². The van der Waals surface area contributed by atoms with Crippen LogP contribution in [0.15, 0.2) is 36.5 Å². The monoisotopic (exact) mass is 374 g/mol. The third-order valence-electron chi connectivity index (χ3n) is 4.30. The first-order chi connectivity index (χ1) is 12.6. The first kappa shape index (κ1) is 18.6. The van der Waals surface area contributed by atoms with E-state index in [-0.39, 0.29) is 5.91 Å². The zero-order valence-corrected chi connectivity index (χ0v) is 15.6. The van der Waals surface area contributed by atoms with Gasteiger partial charge in [-0.2, -0.15) is 0 Å². The molecule has 0 atom stereocenters. The third-order valence-corrected chi connectivity index (χ3v) is 4.54. The molecule has 1 aromatic carbocycles. The second kappa shape index (κ2) is 8.98. The summed E-state index contributed by atoms with van der Waals surface area (Å²) in [6.45, 7) is 7.26. The first-order valence-electron chi connectivity index (χ1n) is 8.69. The number of nitrogens with one attached hydrogen (secondary N) is 2. The number of anilines is 2. The summed E-state index contributed by atoms with van der Waals surface area (Å²) in [5.41, 5.74) is 2.90. The molecule has 1 aliphatic rings. The van der Waals surface area contributed by atoms with Gasteiger partial charge >= 0.3 is 0 Å². The number of benzene rings is 1. The fourth-order valence-corrected chi connectivity index (χ4v) is 2.90. The van der Waals surface area contributed by atoms with Crippen molar-refractivity contribution in [1.29, 1.82) is 0 Å². The lowest BCUT2D eigenvalue weighted by molar-refractivity contribution is 0.0398. The number of hydrogen-bond acceptors (Lipinski definition) is 5. The smallest absolute Gasteiger partial charge is 0.274 e. The number of nitrogens with zero attached hydrogens (tertiary/aromatic N) is 2. The Morgan fingerprint density at radius 1 is 1.27 bits per heavy atom. The third kappa shape index (κ3) is 5.17. The van der Waals surface area contributed by atoms with Crippen LogP contribution in [0.5, 0.6) is 0 Å². The van der Waals surface area contributed by atoms with E-state index in [0.717, 1.165) is 50.6 Å². The van der Waals surface area contributed by atoms with Crippen LogP contribution in [0.25, 0.3) is 0 Å². The second-order valence-corrected chi connectivity index (χ2v) is 6.66. The van der Waals surface area contributed by atoms with Crippen molar-refractivity contribution in [1.82, 2.24) is 9.88 Å². The van der Waals surface area contributed by atoms with E-state index in [1.165, 1.54) is 0 Å². The maximum atomic E-state index is 12.4. The van der Waals surface area contributed by atoms with E-state index in [1.54, 1.807) is 24.4 Å². The molecular weight excluding hydrogens is 352 g/mol. The average molecular weight is 375 g/mol. The SMILES string of the molecule is Cc1ccc(Cl)cc1NC(=O)c1ccc(NCCN2CCOCC2)cn1. The normalized spacial score (nSPS) is 14.8. The fourth-order valence-electron chi connectivity index (χ4n) is 2.73. The van der Waals surface area contributed by atoms with Crippen LogP contribution in [0.2, 0.25) is 5.02 Å². The minimum absolute atomic E-state index is 0.254. The van der Waals surface area contributed by atoms with Gasteiger partial charge in [0.05, 0.1) is 25.1 Å². The number of aryl methyl sites for hydroxylation is 1. The van der Waals surface area contributed by atoms with Crippen LogP contribution in [0.1, 0.15) is 16.1 Å². The largest absolute Gasteiger partial charge is 0.383 e. The summed E-state index contributed by atoms with van der Waals surface area (Å²) in [5.74, 6) is -0.254. The van der Waals surface area contributed by atoms with Crippen molar-refractivity contribution in [2.45, 2.75) is 6.92 Å². The predicted molar refractivity (Wildman–Crippen MR) is 104 cm³/mol. The van der Waals surface area contributed by atoms with Crippen LogP contribution in [0, 0.1) is 6.92 Å². The quantitative estimate of drug-likeness (QED) is 0.813. The lowest BCUT2D eigenvalue weighted by atomic mass is 10.2. The summed E-state index contributed by atoms with van der Waals surface area (Å²) < 4.78 is 5.34. The van der Waals surface area contributed by atoms with Gasteiger partial charge in [0.15, 0.2) is 0 Å². The van der Waals surface area contributed by atoms with Gasteiger partial charge in [-0.15, -0.1) is 0 Å². The molecule has 138 valence electrons. The van der Waals surface area contributed by atoms with Gasteiger partial charge in [0.1, 0.15) is 5.69 Å². The van der Waals surface area contributed by atoms with E-state index >= 15 is 0 Å². The molecule has 2 N–H and O–H groups in total. The Balaban J connectivity index is 1.51. The molecule has 1 fully saturated rings. The molecule has 0 aliphatic carbocycles. The molecule has 6 nitrogen and oxygen atoms in total. The van der Waals surface area contributed by atoms with Crippen molar-refractivity contribution in [2.24, 2.45) is 0 Å². The van der Waals surface area contributed by atoms with Crippen LogP contribution < -0.4 is 10.6 Å². The van der Waals surface area contributed by atoms with Crippen molar-refractivity contribution in [3.8, 4) is 0 Å². The van der Waals surface area contributed by atoms with Gasteiger partial charge in [0, 0.05) is 36.9 Å². The molecule has 1 aromatic heterocycles. The van der Waals surface area contributed by atoms with Gasteiger partial charge in [-0.25, -0.2) is 4.98 Å². The molecule has 0 unspecified atom stereocenters. The van der Waals surface area contributed by atoms with Gasteiger partial charge in [0.25, 0.3) is 5.91 Å². The molecule has 1 amide bonds. The molecule has 0 radical (unpaired) electrons. The van der Waals surface area contributed by atoms with Crippen molar-refractivity contribution >= 4 is 28.9 Å². The zero-order chi connectivity index (χ0) is 18.4. The summed E-state index contributed by atoms with van der Waals surface area (Å²) in [7, 11) is 0. The highest BCUT2D eigenvalue weighted by Crippen LogP contribution is 2.20. The predicted octanol–water partition coefficient (Wildman–Crippen LogP) is 3.04. The van der Waals surface area contributed by atoms with Crippen molar-refractivity contribution < 1.29 is 9.53 Å². The Labute approximate surface area is 158 Å². The number of ether oxygens (including phenoxy) is 1. The summed E-state index contributed by atoms with van der Waals surface area (Å²) in [6, 6.07) is 8.98. The lowest BCUT2D eigenvalue weighted by Gasteiger charge is -2.26. The molecule has 3 rings (SSSR count). The molecule has 26 heavy (non-hydrogen) atoms. The Hall–Kier alpha value is -2.15. The van der Waals surface area contributed by atoms with Crippen molar-refractivity contribution in [3.05, 3.63) is 52.8 Å². The second-order valence-electron chi connectivity index (χ2n) is 6.23. The highest BCUT2D eigenvalue weighted by Gasteiger charge is 2.11. The summed E-state index contributed by atoms with van der Waals surface area (Å²) in [6.07, 6.45) is 1.68. The van der Waals surface area contributed by atoms with E-state index in [9.17, 15) is 4.79 Å². The number of rotatable bonds is 6. The summed E-state index contributed by atoms with van der Waals surface area (Å²) >= 11 is 5.99. The van der Waals surface area contributed by atoms with E-state index in [1.807, 2.05) is 19.1 Å². The zero-order valence-electron chi connectivity index (χ0n) is 14.8. The Bertz CT molecular complexity index is 746. The van der Waals surface area contributed by atoms with E-state index in [4.69, 9.17) is 16.3 Å². The summed E-state index contributed by atoms with van der Waals surface area (Å²) in [4.78, 5) is 19.0. The molecule has 0 bridgehead atoms. The molecule has 2 heterocycles. The minimum Gasteiger partial charge on any atom is -0.383 e. The standard InChI is InChI=1S/C19H23ClN4O2/c1-14-2-3-15(20)12-18(14)23-19(25)17-5-4-16(13-22-17)21-6-7-24-8-10-26-11-9-24/h2-5,12-13,21H,6-11H2,1H3,(H,23,25). The Morgan fingerprint density at radius 2 is 2.08 bits per heavy atom. The average Bonchev–Trinajstić information content (AvgIpc) is 2.66. The van der Waals surface area contributed by atoms with E-state index in [2.05, 4.69) is 20.5 Å². The topological polar surface area (TPSA) is 66.5 Å². The van der Waals surface area contributed by atoms with Crippen LogP contribution in [0.3, 0.4) is 0 Å². The maximum absolute atomic E-state index is 12.4. The highest BCUT2D eigenvalue weighted by atomic mass is 35.5. The Kier molecular flexibility index (Phi) is 6.44. The number of carbonyl (C=O) groups is 1. The van der Waals surface area contributed by atoms with Gasteiger partial charge in [-0.1, -0.05) is 17.7 Å². The van der Waals surface area contributed by atoms with Crippen LogP contribution in [-0.2, 0) is 4.74 Å². The number of carbonyl (C=O) groups excluding carboxylic acids is 1. The van der Waals surface area contributed by atoms with Gasteiger partial charge < -0.3 is 15.4 Å². The van der Waals surface area contributed by atoms with Gasteiger partial charge in [-0.05, 0) is 36.8 Å². The van der Waals surface area contributed by atoms with E-state index in [0.29, 0.717) is 16.4 Å². The maximum Gasteiger partial charge on any atom is 0.274 e. The molecule has 2 aromatic rings. The molecule has 0 spiro atoms. The number of aromatic nitrogens is 1.